The first kappa shape index (κ1) is 23.8. The topological polar surface area (TPSA) is 17.1 Å². The molecule has 0 aromatic carbocycles. The van der Waals surface area contributed by atoms with Gasteiger partial charge in [0.1, 0.15) is 0 Å². The molecule has 0 spiro atoms. The van der Waals surface area contributed by atoms with Crippen LogP contribution in [0.4, 0.5) is 0 Å². The van der Waals surface area contributed by atoms with E-state index in [4.69, 9.17) is 0 Å². The van der Waals surface area contributed by atoms with E-state index in [1.807, 2.05) is 0 Å². The van der Waals surface area contributed by atoms with E-state index in [-0.39, 0.29) is 22.2 Å². The summed E-state index contributed by atoms with van der Waals surface area (Å²) in [4.78, 5) is 14.4. The Morgan fingerprint density at radius 2 is 1.44 bits per heavy atom. The SMILES string of the molecule is CC1(C)CC[C@]2(C)CC[C@]3(C)C(=CC(=O)[C@@H]4[C@@]5(C)CCC(C6CC6)C(C)(C)C5CC[C@]43C)[C@H]2C1. The molecule has 6 aliphatic carbocycles. The molecule has 6 rings (SSSR count). The molecule has 1 heteroatoms. The highest BCUT2D eigenvalue weighted by Crippen LogP contribution is 2.76. The summed E-state index contributed by atoms with van der Waals surface area (Å²) in [6.45, 7) is 20.5. The van der Waals surface area contributed by atoms with Gasteiger partial charge in [0.05, 0.1) is 0 Å². The minimum Gasteiger partial charge on any atom is -0.295 e. The first-order valence-corrected chi connectivity index (χ1v) is 14.9. The molecule has 0 aromatic heterocycles. The molecule has 8 atom stereocenters. The van der Waals surface area contributed by atoms with E-state index in [0.29, 0.717) is 33.9 Å². The van der Waals surface area contributed by atoms with Gasteiger partial charge in [0.2, 0.25) is 0 Å². The summed E-state index contributed by atoms with van der Waals surface area (Å²) in [6.07, 6.45) is 17.0. The van der Waals surface area contributed by atoms with Crippen LogP contribution in [0.1, 0.15) is 126 Å². The lowest BCUT2D eigenvalue weighted by atomic mass is 9.33. The Hall–Kier alpha value is -0.590. The highest BCUT2D eigenvalue weighted by atomic mass is 16.1. The zero-order valence-corrected chi connectivity index (χ0v) is 23.7. The summed E-state index contributed by atoms with van der Waals surface area (Å²) >= 11 is 0. The molecule has 0 amide bonds. The molecule has 5 saturated carbocycles. The van der Waals surface area contributed by atoms with E-state index < -0.39 is 0 Å². The maximum absolute atomic E-state index is 14.4. The van der Waals surface area contributed by atoms with Crippen molar-refractivity contribution in [1.82, 2.24) is 0 Å². The summed E-state index contributed by atoms with van der Waals surface area (Å²) in [5.74, 6) is 3.90. The van der Waals surface area contributed by atoms with E-state index in [0.717, 1.165) is 11.8 Å². The average Bonchev–Trinajstić information content (AvgIpc) is 3.55. The van der Waals surface area contributed by atoms with Crippen molar-refractivity contribution in [3.8, 4) is 0 Å². The van der Waals surface area contributed by atoms with Crippen molar-refractivity contribution in [1.29, 1.82) is 0 Å². The fourth-order valence-corrected chi connectivity index (χ4v) is 11.7. The van der Waals surface area contributed by atoms with Crippen LogP contribution in [0.5, 0.6) is 0 Å². The second-order valence-corrected chi connectivity index (χ2v) is 16.7. The van der Waals surface area contributed by atoms with E-state index in [1.54, 1.807) is 5.57 Å². The largest absolute Gasteiger partial charge is 0.295 e. The van der Waals surface area contributed by atoms with Crippen LogP contribution in [0, 0.1) is 62.1 Å². The van der Waals surface area contributed by atoms with E-state index in [1.165, 1.54) is 70.6 Å². The van der Waals surface area contributed by atoms with Crippen LogP contribution in [0.25, 0.3) is 0 Å². The second-order valence-electron chi connectivity index (χ2n) is 16.7. The number of hydrogen-bond donors (Lipinski definition) is 0. The lowest BCUT2D eigenvalue weighted by molar-refractivity contribution is -0.194. The van der Waals surface area contributed by atoms with Gasteiger partial charge in [-0.1, -0.05) is 61.0 Å². The number of fused-ring (bicyclic) bond motifs is 7. The molecule has 1 nitrogen and oxygen atoms in total. The Balaban J connectivity index is 1.43. The predicted molar refractivity (Wildman–Crippen MR) is 141 cm³/mol. The lowest BCUT2D eigenvalue weighted by Crippen LogP contribution is -2.66. The second kappa shape index (κ2) is 6.83. The molecule has 0 aliphatic heterocycles. The fraction of sp³-hybridized carbons (Fsp3) is 0.909. The zero-order chi connectivity index (χ0) is 24.5. The molecule has 190 valence electrons. The van der Waals surface area contributed by atoms with E-state index in [9.17, 15) is 4.79 Å². The molecule has 0 saturated heterocycles. The van der Waals surface area contributed by atoms with Gasteiger partial charge in [-0.15, -0.1) is 0 Å². The smallest absolute Gasteiger partial charge is 0.159 e. The highest BCUT2D eigenvalue weighted by molar-refractivity contribution is 5.95. The third-order valence-electron chi connectivity index (χ3n) is 14.1. The molecular formula is C33H52O. The van der Waals surface area contributed by atoms with Crippen molar-refractivity contribution in [3.05, 3.63) is 11.6 Å². The molecule has 0 N–H and O–H groups in total. The van der Waals surface area contributed by atoms with Crippen LogP contribution < -0.4 is 0 Å². The van der Waals surface area contributed by atoms with Crippen LogP contribution in [-0.2, 0) is 4.79 Å². The van der Waals surface area contributed by atoms with Crippen LogP contribution >= 0.6 is 0 Å². The molecular weight excluding hydrogens is 412 g/mol. The van der Waals surface area contributed by atoms with E-state index >= 15 is 0 Å². The minimum atomic E-state index is 0.116. The van der Waals surface area contributed by atoms with Crippen molar-refractivity contribution >= 4 is 5.78 Å². The van der Waals surface area contributed by atoms with Crippen molar-refractivity contribution < 1.29 is 4.79 Å². The molecule has 0 heterocycles. The number of rotatable bonds is 1. The van der Waals surface area contributed by atoms with Crippen molar-refractivity contribution in [2.24, 2.45) is 62.1 Å². The number of carbonyl (C=O) groups is 1. The predicted octanol–water partition coefficient (Wildman–Crippen LogP) is 9.01. The third kappa shape index (κ3) is 2.88. The number of allylic oxidation sites excluding steroid dienone is 2. The highest BCUT2D eigenvalue weighted by Gasteiger charge is 2.70. The van der Waals surface area contributed by atoms with E-state index in [2.05, 4.69) is 61.5 Å². The lowest BCUT2D eigenvalue weighted by Gasteiger charge is -2.71. The number of carbonyl (C=O) groups excluding carboxylic acids is 1. The van der Waals surface area contributed by atoms with Gasteiger partial charge in [-0.3, -0.25) is 4.79 Å². The fourth-order valence-electron chi connectivity index (χ4n) is 11.7. The summed E-state index contributed by atoms with van der Waals surface area (Å²) in [5.41, 5.74) is 3.23. The Kier molecular flexibility index (Phi) is 4.78. The number of hydrogen-bond acceptors (Lipinski definition) is 1. The van der Waals surface area contributed by atoms with Gasteiger partial charge in [0.25, 0.3) is 0 Å². The van der Waals surface area contributed by atoms with Crippen LogP contribution in [0.3, 0.4) is 0 Å². The molecule has 0 aromatic rings. The molecule has 0 bridgehead atoms. The summed E-state index contributed by atoms with van der Waals surface area (Å²) in [6, 6.07) is 0. The quantitative estimate of drug-likeness (QED) is 0.378. The number of ketones is 1. The van der Waals surface area contributed by atoms with Gasteiger partial charge in [0.15, 0.2) is 5.78 Å². The van der Waals surface area contributed by atoms with Crippen LogP contribution in [-0.4, -0.2) is 5.78 Å². The zero-order valence-electron chi connectivity index (χ0n) is 23.7. The van der Waals surface area contributed by atoms with Gasteiger partial charge in [-0.2, -0.15) is 0 Å². The van der Waals surface area contributed by atoms with Crippen molar-refractivity contribution in [3.63, 3.8) is 0 Å². The summed E-state index contributed by atoms with van der Waals surface area (Å²) in [5, 5.41) is 0. The Bertz CT molecular complexity index is 934. The molecule has 2 unspecified atom stereocenters. The molecule has 5 fully saturated rings. The molecule has 6 aliphatic rings. The average molecular weight is 465 g/mol. The Morgan fingerprint density at radius 1 is 0.765 bits per heavy atom. The maximum atomic E-state index is 14.4. The van der Waals surface area contributed by atoms with Crippen molar-refractivity contribution in [2.75, 3.05) is 0 Å². The molecule has 34 heavy (non-hydrogen) atoms. The normalized spacial score (nSPS) is 53.6. The summed E-state index contributed by atoms with van der Waals surface area (Å²) in [7, 11) is 0. The minimum absolute atomic E-state index is 0.116. The maximum Gasteiger partial charge on any atom is 0.159 e. The first-order valence-electron chi connectivity index (χ1n) is 14.9. The third-order valence-corrected chi connectivity index (χ3v) is 14.1. The monoisotopic (exact) mass is 464 g/mol. The van der Waals surface area contributed by atoms with Gasteiger partial charge in [-0.25, -0.2) is 0 Å². The Morgan fingerprint density at radius 3 is 2.12 bits per heavy atom. The standard InChI is InChI=1S/C33H52O/c1-28(2)15-16-30(5)17-18-32(7)23(24(30)20-28)19-25(34)27-31(6)13-11-22(21-9-10-21)29(3,4)26(31)12-14-33(27,32)8/h19,21-22,24,26-27H,9-18,20H2,1-8H3/t22?,24-,26?,27-,30-,31+,32-,33-/m1/s1. The summed E-state index contributed by atoms with van der Waals surface area (Å²) < 4.78 is 0. The van der Waals surface area contributed by atoms with Gasteiger partial charge in [-0.05, 0) is 133 Å². The Labute approximate surface area is 210 Å². The van der Waals surface area contributed by atoms with Crippen LogP contribution in [0.2, 0.25) is 0 Å². The van der Waals surface area contributed by atoms with Crippen LogP contribution in [0.15, 0.2) is 11.6 Å². The van der Waals surface area contributed by atoms with Crippen molar-refractivity contribution in [2.45, 2.75) is 126 Å². The molecule has 0 radical (unpaired) electrons. The van der Waals surface area contributed by atoms with Gasteiger partial charge >= 0.3 is 0 Å². The van der Waals surface area contributed by atoms with Gasteiger partial charge < -0.3 is 0 Å². The first-order chi connectivity index (χ1) is 15.7. The van der Waals surface area contributed by atoms with Gasteiger partial charge in [0, 0.05) is 5.92 Å².